The lowest BCUT2D eigenvalue weighted by Gasteiger charge is -2.28. The van der Waals surface area contributed by atoms with Crippen LogP contribution in [0.15, 0.2) is 35.1 Å². The molecule has 0 bridgehead atoms. The molecule has 0 atom stereocenters. The Bertz CT molecular complexity index is 1390. The first-order valence-electron chi connectivity index (χ1n) is 10.3. The third kappa shape index (κ3) is 3.40. The molecule has 1 N–H and O–H groups in total. The van der Waals surface area contributed by atoms with E-state index in [-0.39, 0.29) is 23.3 Å². The fraction of sp³-hybridized carbons (Fsp3) is 0.318. The first-order chi connectivity index (χ1) is 15.6. The van der Waals surface area contributed by atoms with Gasteiger partial charge in [-0.2, -0.15) is 0 Å². The highest BCUT2D eigenvalue weighted by Crippen LogP contribution is 2.32. The molecule has 10 heteroatoms. The van der Waals surface area contributed by atoms with Crippen molar-refractivity contribution in [3.63, 3.8) is 0 Å². The van der Waals surface area contributed by atoms with Crippen LogP contribution in [0, 0.1) is 5.82 Å². The summed E-state index contributed by atoms with van der Waals surface area (Å²) in [6.07, 6.45) is 0. The van der Waals surface area contributed by atoms with Gasteiger partial charge in [0.15, 0.2) is 17.3 Å². The number of nitrogens with zero attached hydrogens (tertiary/aromatic N) is 3. The van der Waals surface area contributed by atoms with Crippen LogP contribution in [0.1, 0.15) is 10.4 Å². The van der Waals surface area contributed by atoms with E-state index in [0.29, 0.717) is 43.4 Å². The van der Waals surface area contributed by atoms with Crippen LogP contribution in [-0.2, 0) is 9.47 Å². The number of pyridine rings is 2. The molecule has 1 amide bonds. The molecule has 0 saturated carbocycles. The number of nitrogens with one attached hydrogen (secondary N) is 1. The molecule has 0 radical (unpaired) electrons. The normalized spacial score (nSPS) is 14.5. The first-order valence-corrected chi connectivity index (χ1v) is 11.1. The lowest BCUT2D eigenvalue weighted by atomic mass is 10.1. The van der Waals surface area contributed by atoms with Crippen LogP contribution in [0.25, 0.3) is 26.1 Å². The van der Waals surface area contributed by atoms with Crippen molar-refractivity contribution < 1.29 is 18.7 Å². The third-order valence-corrected chi connectivity index (χ3v) is 6.63. The number of fused-ring (bicyclic) bond motifs is 5. The number of methoxy groups -OCH3 is 1. The Morgan fingerprint density at radius 3 is 2.88 bits per heavy atom. The zero-order valence-corrected chi connectivity index (χ0v) is 18.2. The Hall–Kier alpha value is -3.08. The van der Waals surface area contributed by atoms with Gasteiger partial charge in [-0.25, -0.2) is 9.37 Å². The SMILES string of the molecule is COCCNC(=O)c1c(=O)c2cc(F)c(N3CCOCC3)nc2n2c1sc1ccccc12. The molecule has 1 fully saturated rings. The van der Waals surface area contributed by atoms with Gasteiger partial charge in [0, 0.05) is 26.7 Å². The summed E-state index contributed by atoms with van der Waals surface area (Å²) in [5.41, 5.74) is 0.575. The number of para-hydroxylation sites is 1. The molecule has 32 heavy (non-hydrogen) atoms. The standard InChI is InChI=1S/C22H21FN4O4S/c1-30-9-6-24-21(29)17-18(28)13-12-14(23)20(26-7-10-31-11-8-26)25-19(13)27-15-4-2-3-5-16(15)32-22(17)27/h2-5,12H,6-11H2,1H3,(H,24,29). The Labute approximate surface area is 186 Å². The number of thiazole rings is 1. The fourth-order valence-corrected chi connectivity index (χ4v) is 5.13. The minimum absolute atomic E-state index is 0.0184. The number of morpholine rings is 1. The van der Waals surface area contributed by atoms with Crippen LogP contribution in [0.3, 0.4) is 0 Å². The molecular formula is C22H21FN4O4S. The van der Waals surface area contributed by atoms with Crippen molar-refractivity contribution in [2.24, 2.45) is 0 Å². The van der Waals surface area contributed by atoms with Gasteiger partial charge in [-0.15, -0.1) is 11.3 Å². The average Bonchev–Trinajstić information content (AvgIpc) is 3.19. The number of amides is 1. The van der Waals surface area contributed by atoms with Gasteiger partial charge in [0.2, 0.25) is 5.43 Å². The van der Waals surface area contributed by atoms with Crippen molar-refractivity contribution in [1.29, 1.82) is 0 Å². The fourth-order valence-electron chi connectivity index (χ4n) is 3.95. The zero-order chi connectivity index (χ0) is 22.2. The topological polar surface area (TPSA) is 85.2 Å². The number of hydrogen-bond donors (Lipinski definition) is 1. The van der Waals surface area contributed by atoms with E-state index in [1.807, 2.05) is 29.2 Å². The number of benzene rings is 1. The molecule has 0 spiro atoms. The molecule has 0 unspecified atom stereocenters. The third-order valence-electron chi connectivity index (χ3n) is 5.48. The van der Waals surface area contributed by atoms with E-state index in [4.69, 9.17) is 9.47 Å². The number of carbonyl (C=O) groups excluding carboxylic acids is 1. The molecule has 3 aromatic heterocycles. The monoisotopic (exact) mass is 456 g/mol. The molecule has 4 aromatic rings. The van der Waals surface area contributed by atoms with Crippen LogP contribution in [0.2, 0.25) is 0 Å². The second-order valence-electron chi connectivity index (χ2n) is 7.43. The van der Waals surface area contributed by atoms with E-state index in [1.165, 1.54) is 24.5 Å². The minimum atomic E-state index is -0.596. The summed E-state index contributed by atoms with van der Waals surface area (Å²) in [4.78, 5) is 33.2. The number of hydrogen-bond acceptors (Lipinski definition) is 7. The Morgan fingerprint density at radius 1 is 1.31 bits per heavy atom. The number of rotatable bonds is 5. The largest absolute Gasteiger partial charge is 0.383 e. The Kier molecular flexibility index (Phi) is 5.50. The molecule has 5 rings (SSSR count). The molecule has 4 heterocycles. The maximum absolute atomic E-state index is 15.1. The number of aromatic nitrogens is 2. The van der Waals surface area contributed by atoms with Crippen molar-refractivity contribution in [2.75, 3.05) is 51.5 Å². The quantitative estimate of drug-likeness (QED) is 0.465. The van der Waals surface area contributed by atoms with Crippen molar-refractivity contribution in [2.45, 2.75) is 0 Å². The van der Waals surface area contributed by atoms with E-state index < -0.39 is 17.2 Å². The predicted octanol–water partition coefficient (Wildman–Crippen LogP) is 2.41. The van der Waals surface area contributed by atoms with Crippen LogP contribution in [-0.4, -0.2) is 61.9 Å². The molecule has 8 nitrogen and oxygen atoms in total. The van der Waals surface area contributed by atoms with Gasteiger partial charge in [0.1, 0.15) is 10.4 Å². The van der Waals surface area contributed by atoms with Crippen molar-refractivity contribution in [3.05, 3.63) is 51.9 Å². The lowest BCUT2D eigenvalue weighted by Crippen LogP contribution is -2.37. The van der Waals surface area contributed by atoms with Crippen molar-refractivity contribution in [3.8, 4) is 0 Å². The van der Waals surface area contributed by atoms with E-state index in [1.54, 1.807) is 4.40 Å². The summed E-state index contributed by atoms with van der Waals surface area (Å²) in [5, 5.41) is 2.78. The molecular weight excluding hydrogens is 435 g/mol. The maximum atomic E-state index is 15.1. The van der Waals surface area contributed by atoms with Gasteiger partial charge in [-0.05, 0) is 18.2 Å². The second kappa shape index (κ2) is 8.45. The average molecular weight is 456 g/mol. The molecule has 166 valence electrons. The van der Waals surface area contributed by atoms with E-state index in [2.05, 4.69) is 10.3 Å². The van der Waals surface area contributed by atoms with Gasteiger partial charge < -0.3 is 19.7 Å². The van der Waals surface area contributed by atoms with Crippen molar-refractivity contribution >= 4 is 49.1 Å². The molecule has 1 saturated heterocycles. The highest BCUT2D eigenvalue weighted by molar-refractivity contribution is 7.24. The van der Waals surface area contributed by atoms with Gasteiger partial charge in [-0.1, -0.05) is 12.1 Å². The number of carbonyl (C=O) groups is 1. The van der Waals surface area contributed by atoms with Crippen LogP contribution >= 0.6 is 11.3 Å². The molecule has 1 aliphatic rings. The summed E-state index contributed by atoms with van der Waals surface area (Å²) in [6.45, 7) is 2.56. The summed E-state index contributed by atoms with van der Waals surface area (Å²) in [7, 11) is 1.53. The van der Waals surface area contributed by atoms with E-state index in [9.17, 15) is 9.59 Å². The first kappa shape index (κ1) is 20.8. The number of anilines is 1. The van der Waals surface area contributed by atoms with Gasteiger partial charge in [0.05, 0.1) is 35.4 Å². The predicted molar refractivity (Wildman–Crippen MR) is 122 cm³/mol. The van der Waals surface area contributed by atoms with Gasteiger partial charge in [0.25, 0.3) is 5.91 Å². The number of ether oxygens (including phenoxy) is 2. The van der Waals surface area contributed by atoms with Crippen LogP contribution in [0.5, 0.6) is 0 Å². The second-order valence-corrected chi connectivity index (χ2v) is 8.46. The van der Waals surface area contributed by atoms with Crippen LogP contribution in [0.4, 0.5) is 10.2 Å². The van der Waals surface area contributed by atoms with Gasteiger partial charge in [-0.3, -0.25) is 14.0 Å². The van der Waals surface area contributed by atoms with E-state index >= 15 is 4.39 Å². The Balaban J connectivity index is 1.81. The highest BCUT2D eigenvalue weighted by Gasteiger charge is 2.25. The summed E-state index contributed by atoms with van der Waals surface area (Å²) in [5.74, 6) is -0.932. The molecule has 0 aliphatic carbocycles. The van der Waals surface area contributed by atoms with Crippen LogP contribution < -0.4 is 15.6 Å². The Morgan fingerprint density at radius 2 is 2.09 bits per heavy atom. The number of halogens is 1. The highest BCUT2D eigenvalue weighted by atomic mass is 32.1. The summed E-state index contributed by atoms with van der Waals surface area (Å²) < 4.78 is 28.1. The summed E-state index contributed by atoms with van der Waals surface area (Å²) >= 11 is 1.33. The van der Waals surface area contributed by atoms with Gasteiger partial charge >= 0.3 is 0 Å². The maximum Gasteiger partial charge on any atom is 0.258 e. The van der Waals surface area contributed by atoms with E-state index in [0.717, 1.165) is 10.2 Å². The smallest absolute Gasteiger partial charge is 0.258 e. The van der Waals surface area contributed by atoms with Crippen molar-refractivity contribution in [1.82, 2.24) is 14.7 Å². The minimum Gasteiger partial charge on any atom is -0.383 e. The summed E-state index contributed by atoms with van der Waals surface area (Å²) in [6, 6.07) is 8.78. The lowest BCUT2D eigenvalue weighted by molar-refractivity contribution is 0.0937. The molecule has 1 aliphatic heterocycles. The zero-order valence-electron chi connectivity index (χ0n) is 17.4. The molecule has 1 aromatic carbocycles.